The van der Waals surface area contributed by atoms with E-state index in [0.29, 0.717) is 17.1 Å². The largest absolute Gasteiger partial charge is 0.309 e. The molecule has 0 aliphatic heterocycles. The molecule has 0 N–H and O–H groups in total. The van der Waals surface area contributed by atoms with Crippen LogP contribution in [0.3, 0.4) is 0 Å². The van der Waals surface area contributed by atoms with Crippen molar-refractivity contribution in [1.82, 2.24) is 4.57 Å². The lowest BCUT2D eigenvalue weighted by Crippen LogP contribution is -2.20. The molecule has 2 rings (SSSR count). The van der Waals surface area contributed by atoms with Crippen molar-refractivity contribution in [3.63, 3.8) is 0 Å². The van der Waals surface area contributed by atoms with Crippen LogP contribution in [0, 0.1) is 0 Å². The van der Waals surface area contributed by atoms with Gasteiger partial charge in [-0.25, -0.2) is 0 Å². The highest BCUT2D eigenvalue weighted by Crippen LogP contribution is 2.22. The summed E-state index contributed by atoms with van der Waals surface area (Å²) in [6.45, 7) is 3.91. The Hall–Kier alpha value is -1.61. The Balaban J connectivity index is 2.99. The van der Waals surface area contributed by atoms with E-state index < -0.39 is 0 Å². The van der Waals surface area contributed by atoms with E-state index in [-0.39, 0.29) is 11.3 Å². The molecular weight excluding hydrogens is 238 g/mol. The maximum absolute atomic E-state index is 11.9. The average Bonchev–Trinajstić information content (AvgIpc) is 2.28. The van der Waals surface area contributed by atoms with Crippen molar-refractivity contribution >= 4 is 28.3 Å². The molecule has 4 heteroatoms. The summed E-state index contributed by atoms with van der Waals surface area (Å²) in [6.07, 6.45) is 0. The van der Waals surface area contributed by atoms with Gasteiger partial charge in [0.25, 0.3) is 5.56 Å². The van der Waals surface area contributed by atoms with Gasteiger partial charge in [0.05, 0.1) is 5.52 Å². The average molecular weight is 250 g/mol. The van der Waals surface area contributed by atoms with Crippen LogP contribution in [0.15, 0.2) is 29.1 Å². The third-order valence-electron chi connectivity index (χ3n) is 2.77. The summed E-state index contributed by atoms with van der Waals surface area (Å²) in [5.74, 6) is -0.127. The van der Waals surface area contributed by atoms with Crippen LogP contribution < -0.4 is 5.56 Å². The molecule has 2 aromatic rings. The van der Waals surface area contributed by atoms with Crippen molar-refractivity contribution in [2.24, 2.45) is 0 Å². The highest BCUT2D eigenvalue weighted by molar-refractivity contribution is 6.31. The number of aryl methyl sites for hydroxylation is 1. The van der Waals surface area contributed by atoms with Crippen molar-refractivity contribution in [2.45, 2.75) is 20.4 Å². The number of aromatic nitrogens is 1. The van der Waals surface area contributed by atoms with Gasteiger partial charge in [0, 0.05) is 28.6 Å². The van der Waals surface area contributed by atoms with E-state index in [0.717, 1.165) is 10.9 Å². The van der Waals surface area contributed by atoms with E-state index in [1.165, 1.54) is 13.0 Å². The lowest BCUT2D eigenvalue weighted by Gasteiger charge is -2.10. The van der Waals surface area contributed by atoms with Gasteiger partial charge in [0.2, 0.25) is 0 Å². The third kappa shape index (κ3) is 1.98. The number of pyridine rings is 1. The third-order valence-corrected chi connectivity index (χ3v) is 3.00. The first-order valence-electron chi connectivity index (χ1n) is 5.38. The Kier molecular flexibility index (Phi) is 3.03. The molecule has 0 atom stereocenters. The van der Waals surface area contributed by atoms with E-state index in [2.05, 4.69) is 0 Å². The molecule has 1 aromatic carbocycles. The molecule has 0 radical (unpaired) electrons. The first-order valence-corrected chi connectivity index (χ1v) is 5.76. The number of carbonyl (C=O) groups excluding carboxylic acids is 1. The molecule has 0 saturated heterocycles. The summed E-state index contributed by atoms with van der Waals surface area (Å²) in [4.78, 5) is 23.4. The Bertz CT molecular complexity index is 658. The zero-order chi connectivity index (χ0) is 12.6. The number of benzene rings is 1. The number of nitrogens with zero attached hydrogens (tertiary/aromatic N) is 1. The van der Waals surface area contributed by atoms with Gasteiger partial charge < -0.3 is 4.57 Å². The molecule has 88 valence electrons. The van der Waals surface area contributed by atoms with Gasteiger partial charge in [-0.2, -0.15) is 0 Å². The van der Waals surface area contributed by atoms with Crippen LogP contribution >= 0.6 is 11.6 Å². The van der Waals surface area contributed by atoms with Gasteiger partial charge in [-0.3, -0.25) is 9.59 Å². The first-order chi connectivity index (χ1) is 8.04. The molecular formula is C13H12ClNO2. The zero-order valence-electron chi connectivity index (χ0n) is 9.66. The van der Waals surface area contributed by atoms with Crippen LogP contribution in [0.4, 0.5) is 0 Å². The fraction of sp³-hybridized carbons (Fsp3) is 0.231. The molecule has 0 bridgehead atoms. The van der Waals surface area contributed by atoms with Crippen LogP contribution in [0.1, 0.15) is 24.2 Å². The second-order valence-corrected chi connectivity index (χ2v) is 4.29. The maximum atomic E-state index is 11.9. The Labute approximate surface area is 104 Å². The Morgan fingerprint density at radius 2 is 2.06 bits per heavy atom. The lowest BCUT2D eigenvalue weighted by atomic mass is 10.1. The number of hydrogen-bond donors (Lipinski definition) is 0. The highest BCUT2D eigenvalue weighted by atomic mass is 35.5. The van der Waals surface area contributed by atoms with Gasteiger partial charge in [-0.05, 0) is 32.0 Å². The minimum atomic E-state index is -0.160. The highest BCUT2D eigenvalue weighted by Gasteiger charge is 2.11. The van der Waals surface area contributed by atoms with Crippen molar-refractivity contribution in [2.75, 3.05) is 0 Å². The van der Waals surface area contributed by atoms with Crippen LogP contribution in [0.25, 0.3) is 10.9 Å². The molecule has 0 unspecified atom stereocenters. The van der Waals surface area contributed by atoms with Crippen molar-refractivity contribution in [1.29, 1.82) is 0 Å². The molecule has 1 aromatic heterocycles. The summed E-state index contributed by atoms with van der Waals surface area (Å²) in [5, 5.41) is 1.28. The minimum absolute atomic E-state index is 0.127. The van der Waals surface area contributed by atoms with E-state index in [9.17, 15) is 9.59 Å². The quantitative estimate of drug-likeness (QED) is 0.768. The standard InChI is InChI=1S/C13H12ClNO2/c1-3-15-12-5-4-9(14)6-11(12)10(8(2)16)7-13(15)17/h4-7H,3H2,1-2H3. The molecule has 1 heterocycles. The van der Waals surface area contributed by atoms with Gasteiger partial charge in [-0.15, -0.1) is 0 Å². The van der Waals surface area contributed by atoms with Crippen LogP contribution in [-0.4, -0.2) is 10.4 Å². The van der Waals surface area contributed by atoms with Crippen LogP contribution in [0.2, 0.25) is 5.02 Å². The number of rotatable bonds is 2. The van der Waals surface area contributed by atoms with Gasteiger partial charge in [0.15, 0.2) is 5.78 Å². The van der Waals surface area contributed by atoms with E-state index in [4.69, 9.17) is 11.6 Å². The predicted octanol–water partition coefficient (Wildman–Crippen LogP) is 2.88. The number of Topliss-reactive ketones (excluding diaryl/α,β-unsaturated/α-hetero) is 1. The maximum Gasteiger partial charge on any atom is 0.251 e. The molecule has 0 spiro atoms. The fourth-order valence-electron chi connectivity index (χ4n) is 1.97. The molecule has 17 heavy (non-hydrogen) atoms. The van der Waals surface area contributed by atoms with Gasteiger partial charge in [-0.1, -0.05) is 11.6 Å². The minimum Gasteiger partial charge on any atom is -0.309 e. The second kappa shape index (κ2) is 4.34. The topological polar surface area (TPSA) is 39.1 Å². The first kappa shape index (κ1) is 11.9. The Morgan fingerprint density at radius 1 is 1.35 bits per heavy atom. The van der Waals surface area contributed by atoms with Crippen molar-refractivity contribution in [3.8, 4) is 0 Å². The summed E-state index contributed by atoms with van der Waals surface area (Å²) in [7, 11) is 0. The fourth-order valence-corrected chi connectivity index (χ4v) is 2.15. The van der Waals surface area contributed by atoms with Gasteiger partial charge >= 0.3 is 0 Å². The molecule has 0 amide bonds. The normalized spacial score (nSPS) is 10.8. The molecule has 0 aliphatic rings. The predicted molar refractivity (Wildman–Crippen MR) is 68.9 cm³/mol. The van der Waals surface area contributed by atoms with E-state index in [1.54, 1.807) is 22.8 Å². The summed E-state index contributed by atoms with van der Waals surface area (Å²) in [6, 6.07) is 6.60. The molecule has 3 nitrogen and oxygen atoms in total. The van der Waals surface area contributed by atoms with Crippen molar-refractivity contribution < 1.29 is 4.79 Å². The summed E-state index contributed by atoms with van der Waals surface area (Å²) < 4.78 is 1.62. The zero-order valence-corrected chi connectivity index (χ0v) is 10.4. The number of ketones is 1. The molecule has 0 saturated carbocycles. The Morgan fingerprint density at radius 3 is 2.65 bits per heavy atom. The number of halogens is 1. The SMILES string of the molecule is CCn1c(=O)cc(C(C)=O)c2cc(Cl)ccc21. The van der Waals surface area contributed by atoms with Crippen LogP contribution in [0.5, 0.6) is 0 Å². The van der Waals surface area contributed by atoms with E-state index >= 15 is 0 Å². The number of hydrogen-bond acceptors (Lipinski definition) is 2. The second-order valence-electron chi connectivity index (χ2n) is 3.86. The summed E-state index contributed by atoms with van der Waals surface area (Å²) >= 11 is 5.93. The lowest BCUT2D eigenvalue weighted by molar-refractivity contribution is 0.101. The number of fused-ring (bicyclic) bond motifs is 1. The van der Waals surface area contributed by atoms with Crippen LogP contribution in [-0.2, 0) is 6.54 Å². The van der Waals surface area contributed by atoms with Gasteiger partial charge in [0.1, 0.15) is 0 Å². The number of carbonyl (C=O) groups is 1. The van der Waals surface area contributed by atoms with Crippen molar-refractivity contribution in [3.05, 3.63) is 45.2 Å². The molecule has 0 fully saturated rings. The summed E-state index contributed by atoms with van der Waals surface area (Å²) in [5.41, 5.74) is 1.01. The van der Waals surface area contributed by atoms with E-state index in [1.807, 2.05) is 6.92 Å². The molecule has 0 aliphatic carbocycles. The smallest absolute Gasteiger partial charge is 0.251 e. The monoisotopic (exact) mass is 249 g/mol.